The Morgan fingerprint density at radius 2 is 1.96 bits per heavy atom. The molecule has 2 aromatic rings. The summed E-state index contributed by atoms with van der Waals surface area (Å²) in [5.74, 6) is 2.18. The summed E-state index contributed by atoms with van der Waals surface area (Å²) in [6.07, 6.45) is 7.03. The molecular formula is C19H24ClN5O. The van der Waals surface area contributed by atoms with Crippen LogP contribution in [0.15, 0.2) is 41.7 Å². The van der Waals surface area contributed by atoms with Gasteiger partial charge >= 0.3 is 0 Å². The second kappa shape index (κ2) is 9.38. The van der Waals surface area contributed by atoms with Gasteiger partial charge < -0.3 is 15.4 Å². The van der Waals surface area contributed by atoms with Crippen LogP contribution in [0.4, 0.5) is 0 Å². The van der Waals surface area contributed by atoms with E-state index in [4.69, 9.17) is 16.3 Å². The van der Waals surface area contributed by atoms with E-state index >= 15 is 0 Å². The van der Waals surface area contributed by atoms with Crippen LogP contribution in [0.1, 0.15) is 24.0 Å². The predicted molar refractivity (Wildman–Crippen MR) is 104 cm³/mol. The molecule has 7 heteroatoms. The molecule has 0 saturated heterocycles. The van der Waals surface area contributed by atoms with Gasteiger partial charge in [-0.15, -0.1) is 0 Å². The Labute approximate surface area is 159 Å². The Morgan fingerprint density at radius 1 is 1.15 bits per heavy atom. The highest BCUT2D eigenvalue weighted by Gasteiger charge is 2.21. The minimum Gasteiger partial charge on any atom is -0.477 e. The summed E-state index contributed by atoms with van der Waals surface area (Å²) in [6, 6.07) is 7.72. The highest BCUT2D eigenvalue weighted by atomic mass is 35.5. The molecule has 0 spiro atoms. The van der Waals surface area contributed by atoms with Gasteiger partial charge in [-0.25, -0.2) is 9.97 Å². The quantitative estimate of drug-likeness (QED) is 0.423. The molecule has 1 aliphatic rings. The molecule has 138 valence electrons. The van der Waals surface area contributed by atoms with Crippen LogP contribution in [-0.2, 0) is 13.0 Å². The minimum atomic E-state index is 0.511. The number of nitrogens with zero attached hydrogens (tertiary/aromatic N) is 3. The first-order valence-corrected chi connectivity index (χ1v) is 9.23. The van der Waals surface area contributed by atoms with E-state index in [9.17, 15) is 0 Å². The molecular weight excluding hydrogens is 350 g/mol. The monoisotopic (exact) mass is 373 g/mol. The van der Waals surface area contributed by atoms with Crippen LogP contribution in [0, 0.1) is 5.92 Å². The third-order valence-electron chi connectivity index (χ3n) is 4.14. The standard InChI is InChI=1S/C19H24ClN5O/c1-21-19(22-9-8-14-4-6-17(20)23-10-14)25-12-16-5-7-18(24-11-16)26-13-15-2-3-15/h4-7,10-11,15H,2-3,8-9,12-13H2,1H3,(H2,21,22,25). The average Bonchev–Trinajstić information content (AvgIpc) is 3.50. The molecule has 0 atom stereocenters. The fraction of sp³-hybridized carbons (Fsp3) is 0.421. The topological polar surface area (TPSA) is 71.4 Å². The smallest absolute Gasteiger partial charge is 0.213 e. The predicted octanol–water partition coefficient (Wildman–Crippen LogP) is 2.83. The fourth-order valence-corrected chi connectivity index (χ4v) is 2.49. The van der Waals surface area contributed by atoms with Gasteiger partial charge in [0.1, 0.15) is 5.15 Å². The molecule has 0 aliphatic heterocycles. The number of aliphatic imine (C=N–C) groups is 1. The van der Waals surface area contributed by atoms with Gasteiger partial charge in [0.2, 0.25) is 5.88 Å². The second-order valence-corrected chi connectivity index (χ2v) is 6.74. The average molecular weight is 374 g/mol. The lowest BCUT2D eigenvalue weighted by atomic mass is 10.2. The first kappa shape index (κ1) is 18.5. The number of aromatic nitrogens is 2. The zero-order chi connectivity index (χ0) is 18.2. The second-order valence-electron chi connectivity index (χ2n) is 6.35. The van der Waals surface area contributed by atoms with Crippen LogP contribution in [0.3, 0.4) is 0 Å². The van der Waals surface area contributed by atoms with Crippen molar-refractivity contribution in [3.8, 4) is 5.88 Å². The molecule has 0 amide bonds. The number of hydrogen-bond acceptors (Lipinski definition) is 4. The largest absolute Gasteiger partial charge is 0.477 e. The van der Waals surface area contributed by atoms with Crippen molar-refractivity contribution in [3.05, 3.63) is 52.9 Å². The van der Waals surface area contributed by atoms with Crippen LogP contribution < -0.4 is 15.4 Å². The molecule has 2 heterocycles. The van der Waals surface area contributed by atoms with Crippen molar-refractivity contribution in [2.75, 3.05) is 20.2 Å². The summed E-state index contributed by atoms with van der Waals surface area (Å²) >= 11 is 5.79. The van der Waals surface area contributed by atoms with Gasteiger partial charge in [0.25, 0.3) is 0 Å². The summed E-state index contributed by atoms with van der Waals surface area (Å²) in [5, 5.41) is 7.08. The number of ether oxygens (including phenoxy) is 1. The third-order valence-corrected chi connectivity index (χ3v) is 4.36. The van der Waals surface area contributed by atoms with Crippen molar-refractivity contribution >= 4 is 17.6 Å². The Bertz CT molecular complexity index is 714. The highest BCUT2D eigenvalue weighted by molar-refractivity contribution is 6.29. The maximum atomic E-state index is 5.79. The van der Waals surface area contributed by atoms with Crippen LogP contribution in [0.25, 0.3) is 0 Å². The SMILES string of the molecule is CN=C(NCCc1ccc(Cl)nc1)NCc1ccc(OCC2CC2)nc1. The van der Waals surface area contributed by atoms with E-state index in [2.05, 4.69) is 25.6 Å². The number of nitrogens with one attached hydrogen (secondary N) is 2. The summed E-state index contributed by atoms with van der Waals surface area (Å²) < 4.78 is 5.65. The summed E-state index contributed by atoms with van der Waals surface area (Å²) in [6.45, 7) is 2.19. The minimum absolute atomic E-state index is 0.511. The zero-order valence-electron chi connectivity index (χ0n) is 14.9. The molecule has 0 radical (unpaired) electrons. The third kappa shape index (κ3) is 6.19. The van der Waals surface area contributed by atoms with Crippen molar-refractivity contribution in [3.63, 3.8) is 0 Å². The Morgan fingerprint density at radius 3 is 2.62 bits per heavy atom. The summed E-state index contributed by atoms with van der Waals surface area (Å²) in [4.78, 5) is 12.7. The molecule has 2 N–H and O–H groups in total. The van der Waals surface area contributed by atoms with Crippen molar-refractivity contribution in [2.24, 2.45) is 10.9 Å². The molecule has 2 aromatic heterocycles. The van der Waals surface area contributed by atoms with Crippen molar-refractivity contribution < 1.29 is 4.74 Å². The van der Waals surface area contributed by atoms with Crippen LogP contribution in [0.2, 0.25) is 5.15 Å². The number of halogens is 1. The zero-order valence-corrected chi connectivity index (χ0v) is 15.7. The number of hydrogen-bond donors (Lipinski definition) is 2. The van der Waals surface area contributed by atoms with Gasteiger partial charge in [-0.3, -0.25) is 4.99 Å². The van der Waals surface area contributed by atoms with Gasteiger partial charge in [0, 0.05) is 38.6 Å². The molecule has 1 saturated carbocycles. The molecule has 26 heavy (non-hydrogen) atoms. The van der Waals surface area contributed by atoms with E-state index < -0.39 is 0 Å². The van der Waals surface area contributed by atoms with Gasteiger partial charge in [-0.2, -0.15) is 0 Å². The first-order chi connectivity index (χ1) is 12.7. The maximum absolute atomic E-state index is 5.79. The van der Waals surface area contributed by atoms with Crippen LogP contribution in [0.5, 0.6) is 5.88 Å². The number of rotatable bonds is 8. The summed E-state index contributed by atoms with van der Waals surface area (Å²) in [7, 11) is 1.76. The van der Waals surface area contributed by atoms with Gasteiger partial charge in [0.15, 0.2) is 5.96 Å². The van der Waals surface area contributed by atoms with E-state index in [1.54, 1.807) is 19.3 Å². The van der Waals surface area contributed by atoms with Crippen LogP contribution >= 0.6 is 11.6 Å². The molecule has 0 bridgehead atoms. The Hall–Kier alpha value is -2.34. The highest BCUT2D eigenvalue weighted by Crippen LogP contribution is 2.29. The fourth-order valence-electron chi connectivity index (χ4n) is 2.37. The van der Waals surface area contributed by atoms with Gasteiger partial charge in [0.05, 0.1) is 6.61 Å². The lowest BCUT2D eigenvalue weighted by molar-refractivity contribution is 0.288. The van der Waals surface area contributed by atoms with Crippen molar-refractivity contribution in [1.29, 1.82) is 0 Å². The molecule has 3 rings (SSSR count). The van der Waals surface area contributed by atoms with Gasteiger partial charge in [-0.05, 0) is 42.4 Å². The molecule has 1 fully saturated rings. The van der Waals surface area contributed by atoms with E-state index in [0.717, 1.165) is 42.6 Å². The Kier molecular flexibility index (Phi) is 6.66. The lowest BCUT2D eigenvalue weighted by Gasteiger charge is -2.12. The number of pyridine rings is 2. The maximum Gasteiger partial charge on any atom is 0.213 e. The van der Waals surface area contributed by atoms with E-state index in [1.807, 2.05) is 24.4 Å². The Balaban J connectivity index is 1.38. The molecule has 0 aromatic carbocycles. The molecule has 6 nitrogen and oxygen atoms in total. The van der Waals surface area contributed by atoms with E-state index in [1.165, 1.54) is 12.8 Å². The normalized spacial score (nSPS) is 14.2. The van der Waals surface area contributed by atoms with Crippen molar-refractivity contribution in [1.82, 2.24) is 20.6 Å². The van der Waals surface area contributed by atoms with E-state index in [-0.39, 0.29) is 0 Å². The number of guanidine groups is 1. The van der Waals surface area contributed by atoms with Crippen LogP contribution in [-0.4, -0.2) is 36.1 Å². The first-order valence-electron chi connectivity index (χ1n) is 8.85. The van der Waals surface area contributed by atoms with Crippen molar-refractivity contribution in [2.45, 2.75) is 25.8 Å². The van der Waals surface area contributed by atoms with E-state index in [0.29, 0.717) is 17.6 Å². The molecule has 0 unspecified atom stereocenters. The van der Waals surface area contributed by atoms with Gasteiger partial charge in [-0.1, -0.05) is 23.7 Å². The molecule has 1 aliphatic carbocycles. The lowest BCUT2D eigenvalue weighted by Crippen LogP contribution is -2.37. The summed E-state index contributed by atoms with van der Waals surface area (Å²) in [5.41, 5.74) is 2.21.